The number of thioether (sulfide) groups is 1. The molecule has 0 aliphatic heterocycles. The quantitative estimate of drug-likeness (QED) is 0.807. The first kappa shape index (κ1) is 19.5. The minimum atomic E-state index is -4.75. The van der Waals surface area contributed by atoms with Crippen LogP contribution in [0.4, 0.5) is 18.9 Å². The number of hydrogen-bond acceptors (Lipinski definition) is 3. The molecule has 1 aromatic heterocycles. The number of nitrogens with zero attached hydrogens (tertiary/aromatic N) is 1. The highest BCUT2D eigenvalue weighted by Gasteiger charge is 2.34. The number of aromatic nitrogens is 1. The maximum absolute atomic E-state index is 12.8. The molecule has 4 nitrogen and oxygen atoms in total. The maximum Gasteiger partial charge on any atom is 0.421 e. The summed E-state index contributed by atoms with van der Waals surface area (Å²) < 4.78 is 39.1. The minimum absolute atomic E-state index is 0.485. The van der Waals surface area contributed by atoms with E-state index in [4.69, 9.17) is 0 Å². The molecule has 2 aromatic rings. The predicted octanol–water partition coefficient (Wildman–Crippen LogP) is 4.54. The molecule has 3 rings (SSSR count). The number of halogens is 3. The van der Waals surface area contributed by atoms with Crippen LogP contribution in [0.15, 0.2) is 52.3 Å². The van der Waals surface area contributed by atoms with Gasteiger partial charge in [-0.25, -0.2) is 0 Å². The van der Waals surface area contributed by atoms with Gasteiger partial charge in [-0.15, -0.1) is 11.8 Å². The highest BCUT2D eigenvalue weighted by Crippen LogP contribution is 2.35. The molecule has 144 valence electrons. The summed E-state index contributed by atoms with van der Waals surface area (Å²) in [7, 11) is 0. The van der Waals surface area contributed by atoms with Gasteiger partial charge in [0.1, 0.15) is 12.1 Å². The van der Waals surface area contributed by atoms with Gasteiger partial charge in [-0.3, -0.25) is 9.59 Å². The Morgan fingerprint density at radius 3 is 2.44 bits per heavy atom. The van der Waals surface area contributed by atoms with Crippen LogP contribution in [0.2, 0.25) is 0 Å². The van der Waals surface area contributed by atoms with Crippen LogP contribution in [0.3, 0.4) is 0 Å². The number of pyridine rings is 1. The lowest BCUT2D eigenvalue weighted by molar-refractivity contribution is -0.139. The Morgan fingerprint density at radius 2 is 1.81 bits per heavy atom. The molecule has 1 N–H and O–H groups in total. The summed E-state index contributed by atoms with van der Waals surface area (Å²) in [5.74, 6) is -0.562. The third kappa shape index (κ3) is 5.15. The van der Waals surface area contributed by atoms with Gasteiger partial charge < -0.3 is 9.88 Å². The molecule has 1 aliphatic carbocycles. The number of anilines is 1. The van der Waals surface area contributed by atoms with Gasteiger partial charge in [0, 0.05) is 22.0 Å². The van der Waals surface area contributed by atoms with E-state index >= 15 is 0 Å². The first-order valence-electron chi connectivity index (χ1n) is 8.66. The molecule has 1 aliphatic rings. The normalized spacial score (nSPS) is 15.1. The number of hydrogen-bond donors (Lipinski definition) is 1. The van der Waals surface area contributed by atoms with Crippen molar-refractivity contribution in [1.82, 2.24) is 4.57 Å². The lowest BCUT2D eigenvalue weighted by atomic mass is 10.2. The summed E-state index contributed by atoms with van der Waals surface area (Å²) in [6.45, 7) is -0.485. The Hall–Kier alpha value is -2.22. The number of alkyl halides is 3. The van der Waals surface area contributed by atoms with Crippen molar-refractivity contribution in [2.24, 2.45) is 0 Å². The van der Waals surface area contributed by atoms with E-state index in [2.05, 4.69) is 5.32 Å². The molecule has 1 saturated carbocycles. The average molecular weight is 396 g/mol. The topological polar surface area (TPSA) is 51.1 Å². The molecular weight excluding hydrogens is 377 g/mol. The predicted molar refractivity (Wildman–Crippen MR) is 98.9 cm³/mol. The van der Waals surface area contributed by atoms with Crippen molar-refractivity contribution in [3.05, 3.63) is 58.5 Å². The van der Waals surface area contributed by atoms with Crippen LogP contribution in [0.5, 0.6) is 0 Å². The first-order valence-corrected chi connectivity index (χ1v) is 9.54. The van der Waals surface area contributed by atoms with Crippen LogP contribution in [-0.4, -0.2) is 15.7 Å². The van der Waals surface area contributed by atoms with Crippen molar-refractivity contribution in [3.63, 3.8) is 0 Å². The second kappa shape index (κ2) is 8.21. The molecule has 27 heavy (non-hydrogen) atoms. The standard InChI is InChI=1S/C19H19F3N2O2S/c20-19(21,22)16-6-3-11-24(18(16)26)12-17(25)23-13-7-9-15(10-8-13)27-14-4-1-2-5-14/h3,6-11,14H,1-2,4-5,12H2,(H,23,25). The fourth-order valence-electron chi connectivity index (χ4n) is 3.05. The molecule has 0 bridgehead atoms. The maximum atomic E-state index is 12.8. The Labute approximate surface area is 158 Å². The summed E-state index contributed by atoms with van der Waals surface area (Å²) in [5.41, 5.74) is -1.98. The molecule has 1 amide bonds. The van der Waals surface area contributed by atoms with Gasteiger partial charge in [-0.1, -0.05) is 12.8 Å². The molecule has 0 atom stereocenters. The zero-order valence-corrected chi connectivity index (χ0v) is 15.3. The summed E-state index contributed by atoms with van der Waals surface area (Å²) in [5, 5.41) is 3.24. The lowest BCUT2D eigenvalue weighted by Crippen LogP contribution is -2.31. The third-order valence-electron chi connectivity index (χ3n) is 4.38. The third-order valence-corrected chi connectivity index (χ3v) is 5.73. The Bertz CT molecular complexity index is 856. The van der Waals surface area contributed by atoms with Crippen molar-refractivity contribution >= 4 is 23.4 Å². The Balaban J connectivity index is 1.62. The van der Waals surface area contributed by atoms with Crippen LogP contribution in [-0.2, 0) is 17.5 Å². The Morgan fingerprint density at radius 1 is 1.15 bits per heavy atom. The summed E-state index contributed by atoms with van der Waals surface area (Å²) in [6, 6.07) is 9.14. The SMILES string of the molecule is O=C(Cn1cccc(C(F)(F)F)c1=O)Nc1ccc(SC2CCCC2)cc1. The van der Waals surface area contributed by atoms with Crippen LogP contribution in [0.1, 0.15) is 31.2 Å². The van der Waals surface area contributed by atoms with Gasteiger partial charge in [-0.05, 0) is 49.2 Å². The highest BCUT2D eigenvalue weighted by atomic mass is 32.2. The number of rotatable bonds is 5. The number of benzene rings is 1. The van der Waals surface area contributed by atoms with Gasteiger partial charge in [0.2, 0.25) is 5.91 Å². The van der Waals surface area contributed by atoms with Gasteiger partial charge in [-0.2, -0.15) is 13.2 Å². The largest absolute Gasteiger partial charge is 0.421 e. The van der Waals surface area contributed by atoms with E-state index in [-0.39, 0.29) is 0 Å². The monoisotopic (exact) mass is 396 g/mol. The van der Waals surface area contributed by atoms with Crippen LogP contribution in [0, 0.1) is 0 Å². The molecule has 0 spiro atoms. The second-order valence-electron chi connectivity index (χ2n) is 6.45. The highest BCUT2D eigenvalue weighted by molar-refractivity contribution is 8.00. The zero-order valence-electron chi connectivity index (χ0n) is 14.5. The van der Waals surface area contributed by atoms with Gasteiger partial charge in [0.05, 0.1) is 0 Å². The minimum Gasteiger partial charge on any atom is -0.325 e. The van der Waals surface area contributed by atoms with E-state index < -0.39 is 29.8 Å². The molecule has 1 aromatic carbocycles. The van der Waals surface area contributed by atoms with E-state index in [1.165, 1.54) is 31.9 Å². The lowest BCUT2D eigenvalue weighted by Gasteiger charge is -2.11. The van der Waals surface area contributed by atoms with Crippen molar-refractivity contribution in [2.75, 3.05) is 5.32 Å². The number of nitrogens with one attached hydrogen (secondary N) is 1. The number of amides is 1. The second-order valence-corrected chi connectivity index (χ2v) is 7.82. The van der Waals surface area contributed by atoms with E-state index in [1.54, 1.807) is 12.1 Å². The molecule has 1 heterocycles. The fourth-order valence-corrected chi connectivity index (χ4v) is 4.29. The van der Waals surface area contributed by atoms with Gasteiger partial charge in [0.15, 0.2) is 0 Å². The van der Waals surface area contributed by atoms with Crippen molar-refractivity contribution in [3.8, 4) is 0 Å². The molecular formula is C19H19F3N2O2S. The zero-order chi connectivity index (χ0) is 19.4. The van der Waals surface area contributed by atoms with E-state index in [0.717, 1.165) is 15.5 Å². The smallest absolute Gasteiger partial charge is 0.325 e. The van der Waals surface area contributed by atoms with Crippen LogP contribution in [0.25, 0.3) is 0 Å². The Kier molecular flexibility index (Phi) is 5.94. The molecule has 1 fully saturated rings. The molecule has 0 unspecified atom stereocenters. The molecule has 0 saturated heterocycles. The summed E-state index contributed by atoms with van der Waals surface area (Å²) in [4.78, 5) is 25.1. The van der Waals surface area contributed by atoms with Gasteiger partial charge >= 0.3 is 6.18 Å². The number of carbonyl (C=O) groups is 1. The van der Waals surface area contributed by atoms with Crippen molar-refractivity contribution < 1.29 is 18.0 Å². The first-order chi connectivity index (χ1) is 12.8. The van der Waals surface area contributed by atoms with Gasteiger partial charge in [0.25, 0.3) is 5.56 Å². The fraction of sp³-hybridized carbons (Fsp3) is 0.368. The average Bonchev–Trinajstić information content (AvgIpc) is 3.10. The van der Waals surface area contributed by atoms with Crippen molar-refractivity contribution in [1.29, 1.82) is 0 Å². The summed E-state index contributed by atoms with van der Waals surface area (Å²) in [6.07, 6.45) is 1.38. The molecule has 8 heteroatoms. The summed E-state index contributed by atoms with van der Waals surface area (Å²) >= 11 is 1.82. The van der Waals surface area contributed by atoms with Crippen molar-refractivity contribution in [2.45, 2.75) is 48.5 Å². The van der Waals surface area contributed by atoms with E-state index in [9.17, 15) is 22.8 Å². The van der Waals surface area contributed by atoms with Crippen LogP contribution < -0.4 is 10.9 Å². The number of carbonyl (C=O) groups excluding carboxylic acids is 1. The molecule has 0 radical (unpaired) electrons. The van der Waals surface area contributed by atoms with E-state index in [0.29, 0.717) is 17.0 Å². The van der Waals surface area contributed by atoms with Crippen LogP contribution >= 0.6 is 11.8 Å². The van der Waals surface area contributed by atoms with E-state index in [1.807, 2.05) is 23.9 Å².